The van der Waals surface area contributed by atoms with Crippen molar-refractivity contribution in [2.75, 3.05) is 19.9 Å². The van der Waals surface area contributed by atoms with Crippen LogP contribution in [0.3, 0.4) is 0 Å². The molecule has 47 heavy (non-hydrogen) atoms. The summed E-state index contributed by atoms with van der Waals surface area (Å²) >= 11 is 6.11. The second-order valence-electron chi connectivity index (χ2n) is 14.1. The summed E-state index contributed by atoms with van der Waals surface area (Å²) in [4.78, 5) is 56.4. The maximum absolute atomic E-state index is 14.2. The lowest BCUT2D eigenvalue weighted by Gasteiger charge is -2.48. The Labute approximate surface area is 279 Å². The smallest absolute Gasteiger partial charge is 0.287 e. The Morgan fingerprint density at radius 1 is 0.979 bits per heavy atom. The molecule has 2 aromatic carbocycles. The lowest BCUT2D eigenvalue weighted by molar-refractivity contribution is -0.147. The van der Waals surface area contributed by atoms with Crippen LogP contribution >= 0.6 is 11.6 Å². The summed E-state index contributed by atoms with van der Waals surface area (Å²) in [6, 6.07) is 10.3. The van der Waals surface area contributed by atoms with Gasteiger partial charge in [0.05, 0.1) is 10.8 Å². The molecule has 1 aromatic heterocycles. The van der Waals surface area contributed by atoms with E-state index in [0.717, 1.165) is 37.3 Å². The number of rotatable bonds is 7. The number of hydrogen-bond donors (Lipinski definition) is 2. The van der Waals surface area contributed by atoms with Crippen molar-refractivity contribution in [3.63, 3.8) is 0 Å². The van der Waals surface area contributed by atoms with Gasteiger partial charge in [-0.15, -0.1) is 0 Å². The summed E-state index contributed by atoms with van der Waals surface area (Å²) in [5.74, 6) is 0.0305. The Hall–Kier alpha value is -4.05. The zero-order valence-corrected chi connectivity index (χ0v) is 27.9. The fraction of sp³-hybridized carbons (Fsp3) is 0.500. The van der Waals surface area contributed by atoms with Gasteiger partial charge in [-0.25, -0.2) is 0 Å². The van der Waals surface area contributed by atoms with Gasteiger partial charge in [-0.3, -0.25) is 19.2 Å². The molecule has 1 saturated carbocycles. The van der Waals surface area contributed by atoms with Crippen LogP contribution in [0.1, 0.15) is 81.8 Å². The average molecular weight is 664 g/mol. The van der Waals surface area contributed by atoms with E-state index >= 15 is 0 Å². The lowest BCUT2D eigenvalue weighted by atomic mass is 9.63. The number of hydrogen-bond acceptors (Lipinski definition) is 7. The molecule has 6 rings (SSSR count). The van der Waals surface area contributed by atoms with Crippen molar-refractivity contribution < 1.29 is 28.3 Å². The van der Waals surface area contributed by atoms with E-state index in [0.29, 0.717) is 42.5 Å². The monoisotopic (exact) mass is 663 g/mol. The molecule has 0 unspecified atom stereocenters. The highest BCUT2D eigenvalue weighted by Gasteiger charge is 2.49. The van der Waals surface area contributed by atoms with Crippen molar-refractivity contribution >= 4 is 40.3 Å². The number of carbonyl (C=O) groups excluding carboxylic acids is 3. The van der Waals surface area contributed by atoms with Crippen molar-refractivity contribution in [2.45, 2.75) is 83.7 Å². The number of likely N-dealkylation sites (tertiary alicyclic amines) is 1. The van der Waals surface area contributed by atoms with Gasteiger partial charge in [-0.05, 0) is 76.1 Å². The van der Waals surface area contributed by atoms with Gasteiger partial charge < -0.3 is 29.4 Å². The molecule has 11 heteroatoms. The van der Waals surface area contributed by atoms with Crippen molar-refractivity contribution in [3.05, 3.63) is 69.0 Å². The molecule has 2 fully saturated rings. The van der Waals surface area contributed by atoms with E-state index in [4.69, 9.17) is 25.5 Å². The summed E-state index contributed by atoms with van der Waals surface area (Å²) in [6.07, 6.45) is 6.76. The summed E-state index contributed by atoms with van der Waals surface area (Å²) in [7, 11) is 0. The van der Waals surface area contributed by atoms with Crippen molar-refractivity contribution in [3.8, 4) is 11.5 Å². The van der Waals surface area contributed by atoms with E-state index in [9.17, 15) is 19.2 Å². The van der Waals surface area contributed by atoms with Crippen molar-refractivity contribution in [1.29, 1.82) is 0 Å². The first-order valence-corrected chi connectivity index (χ1v) is 16.8. The van der Waals surface area contributed by atoms with E-state index < -0.39 is 22.8 Å². The van der Waals surface area contributed by atoms with E-state index in [1.54, 1.807) is 17.0 Å². The highest BCUT2D eigenvalue weighted by molar-refractivity contribution is 6.30. The SMILES string of the molecule is CC(C)(C)NC(=O)C1(C2CCCCC2)CCN(C(=O)[C@@H](Cc2ccc(Cl)cc2)NC(=O)c2cc(=O)c3cc4c(cc3o2)OCO4)CC1. The molecule has 3 aliphatic rings. The van der Waals surface area contributed by atoms with E-state index in [1.165, 1.54) is 18.6 Å². The van der Waals surface area contributed by atoms with Crippen LogP contribution in [0.5, 0.6) is 11.5 Å². The van der Waals surface area contributed by atoms with Gasteiger partial charge in [0.1, 0.15) is 11.6 Å². The molecule has 1 aliphatic carbocycles. The first-order chi connectivity index (χ1) is 22.4. The molecule has 250 valence electrons. The zero-order chi connectivity index (χ0) is 33.3. The maximum Gasteiger partial charge on any atom is 0.287 e. The highest BCUT2D eigenvalue weighted by Crippen LogP contribution is 2.46. The van der Waals surface area contributed by atoms with Gasteiger partial charge in [0.15, 0.2) is 22.7 Å². The van der Waals surface area contributed by atoms with Crippen LogP contribution in [0.2, 0.25) is 5.02 Å². The van der Waals surface area contributed by atoms with E-state index in [2.05, 4.69) is 10.6 Å². The number of halogens is 1. The molecule has 0 spiro atoms. The minimum absolute atomic E-state index is 0.0290. The lowest BCUT2D eigenvalue weighted by Crippen LogP contribution is -2.59. The molecular weight excluding hydrogens is 622 g/mol. The van der Waals surface area contributed by atoms with Crippen LogP contribution in [0.15, 0.2) is 51.7 Å². The Morgan fingerprint density at radius 2 is 1.64 bits per heavy atom. The first kappa shape index (κ1) is 32.9. The Balaban J connectivity index is 1.24. The van der Waals surface area contributed by atoms with Gasteiger partial charge in [0.2, 0.25) is 18.6 Å². The molecule has 2 aliphatic heterocycles. The number of carbonyl (C=O) groups is 3. The van der Waals surface area contributed by atoms with E-state index in [-0.39, 0.29) is 53.2 Å². The minimum atomic E-state index is -0.952. The predicted octanol–water partition coefficient (Wildman–Crippen LogP) is 5.62. The van der Waals surface area contributed by atoms with Crippen LogP contribution in [-0.4, -0.2) is 54.1 Å². The molecule has 3 heterocycles. The van der Waals surface area contributed by atoms with Crippen LogP contribution in [0.4, 0.5) is 0 Å². The normalized spacial score (nSPS) is 18.5. The van der Waals surface area contributed by atoms with Crippen molar-refractivity contribution in [2.24, 2.45) is 11.3 Å². The molecule has 10 nitrogen and oxygen atoms in total. The summed E-state index contributed by atoms with van der Waals surface area (Å²) in [6.45, 7) is 6.81. The van der Waals surface area contributed by atoms with Gasteiger partial charge in [-0.2, -0.15) is 0 Å². The second-order valence-corrected chi connectivity index (χ2v) is 14.5. The third-order valence-corrected chi connectivity index (χ3v) is 9.95. The van der Waals surface area contributed by atoms with Crippen LogP contribution in [0, 0.1) is 11.3 Å². The zero-order valence-electron chi connectivity index (χ0n) is 27.2. The molecular formula is C36H42ClN3O7. The number of piperidine rings is 1. The van der Waals surface area contributed by atoms with Crippen LogP contribution in [-0.2, 0) is 16.0 Å². The van der Waals surface area contributed by atoms with Gasteiger partial charge in [0, 0.05) is 42.2 Å². The van der Waals surface area contributed by atoms with Gasteiger partial charge in [-0.1, -0.05) is 43.0 Å². The molecule has 1 atom stereocenters. The summed E-state index contributed by atoms with van der Waals surface area (Å²) < 4.78 is 16.6. The molecule has 2 N–H and O–H groups in total. The standard InChI is InChI=1S/C36H42ClN3O7/c1-35(2,3)39-34(44)36(23-7-5-4-6-8-23)13-15-40(16-14-36)33(43)26(17-22-9-11-24(37)12-10-22)38-32(42)31-19-27(41)25-18-29-30(46-21-45-29)20-28(25)47-31/h9-12,18-20,23,26H,4-8,13-17,21H2,1-3H3,(H,38,42)(H,39,44)/t26-/m1/s1. The number of benzene rings is 2. The number of fused-ring (bicyclic) bond motifs is 2. The second kappa shape index (κ2) is 13.2. The third kappa shape index (κ3) is 7.12. The van der Waals surface area contributed by atoms with Crippen LogP contribution in [0.25, 0.3) is 11.0 Å². The molecule has 0 radical (unpaired) electrons. The average Bonchev–Trinajstić information content (AvgIpc) is 3.51. The number of nitrogens with zero attached hydrogens (tertiary/aromatic N) is 1. The molecule has 3 aromatic rings. The topological polar surface area (TPSA) is 127 Å². The number of ether oxygens (including phenoxy) is 2. The highest BCUT2D eigenvalue weighted by atomic mass is 35.5. The quantitative estimate of drug-likeness (QED) is 0.336. The first-order valence-electron chi connectivity index (χ1n) is 16.5. The largest absolute Gasteiger partial charge is 0.454 e. The van der Waals surface area contributed by atoms with Gasteiger partial charge in [0.25, 0.3) is 5.91 Å². The fourth-order valence-corrected chi connectivity index (χ4v) is 7.36. The van der Waals surface area contributed by atoms with Gasteiger partial charge >= 0.3 is 0 Å². The third-order valence-electron chi connectivity index (χ3n) is 9.70. The maximum atomic E-state index is 14.2. The molecule has 1 saturated heterocycles. The predicted molar refractivity (Wildman–Crippen MR) is 178 cm³/mol. The molecule has 0 bridgehead atoms. The van der Waals surface area contributed by atoms with E-state index in [1.807, 2.05) is 32.9 Å². The fourth-order valence-electron chi connectivity index (χ4n) is 7.23. The Kier molecular flexibility index (Phi) is 9.25. The van der Waals surface area contributed by atoms with Crippen LogP contribution < -0.4 is 25.5 Å². The molecule has 3 amide bonds. The van der Waals surface area contributed by atoms with Crippen molar-refractivity contribution in [1.82, 2.24) is 15.5 Å². The summed E-state index contributed by atoms with van der Waals surface area (Å²) in [5, 5.41) is 6.90. The Morgan fingerprint density at radius 3 is 2.30 bits per heavy atom. The minimum Gasteiger partial charge on any atom is -0.454 e. The Bertz CT molecular complexity index is 1720. The number of nitrogens with one attached hydrogen (secondary N) is 2. The summed E-state index contributed by atoms with van der Waals surface area (Å²) in [5.41, 5.74) is -0.338. The number of amides is 3.